The molecule has 0 N–H and O–H groups in total. The van der Waals surface area contributed by atoms with Crippen LogP contribution in [0.15, 0.2) is 0 Å². The highest BCUT2D eigenvalue weighted by molar-refractivity contribution is 6.27. The second kappa shape index (κ2) is 6.47. The summed E-state index contributed by atoms with van der Waals surface area (Å²) in [6, 6.07) is 0. The van der Waals surface area contributed by atoms with Crippen LogP contribution in [0.4, 0.5) is 0 Å². The lowest BCUT2D eigenvalue weighted by atomic mass is 9.87. The van der Waals surface area contributed by atoms with E-state index in [0.29, 0.717) is 5.92 Å². The summed E-state index contributed by atoms with van der Waals surface area (Å²) in [5.41, 5.74) is 0. The van der Waals surface area contributed by atoms with Gasteiger partial charge in [-0.3, -0.25) is 4.79 Å². The average molecular weight is 191 g/mol. The van der Waals surface area contributed by atoms with Gasteiger partial charge in [0.25, 0.3) is 0 Å². The Labute approximate surface area is 80.5 Å². The lowest BCUT2D eigenvalue weighted by molar-refractivity contribution is -0.121. The Hall–Kier alpha value is -0.0400. The van der Waals surface area contributed by atoms with Crippen LogP contribution in [0.2, 0.25) is 0 Å². The molecule has 0 amide bonds. The van der Waals surface area contributed by atoms with E-state index in [1.54, 1.807) is 0 Å². The van der Waals surface area contributed by atoms with E-state index in [4.69, 9.17) is 11.6 Å². The predicted molar refractivity (Wildman–Crippen MR) is 53.6 cm³/mol. The van der Waals surface area contributed by atoms with Crippen molar-refractivity contribution in [3.05, 3.63) is 0 Å². The lowest BCUT2D eigenvalue weighted by Crippen LogP contribution is -2.21. The van der Waals surface area contributed by atoms with E-state index < -0.39 is 0 Å². The van der Waals surface area contributed by atoms with Crippen molar-refractivity contribution < 1.29 is 4.79 Å². The van der Waals surface area contributed by atoms with Crippen molar-refractivity contribution in [2.75, 3.05) is 5.88 Å². The number of halogens is 1. The van der Waals surface area contributed by atoms with Gasteiger partial charge in [-0.25, -0.2) is 0 Å². The van der Waals surface area contributed by atoms with Crippen LogP contribution in [-0.2, 0) is 4.79 Å². The van der Waals surface area contributed by atoms with Gasteiger partial charge in [0.05, 0.1) is 5.88 Å². The summed E-state index contributed by atoms with van der Waals surface area (Å²) >= 11 is 5.52. The average Bonchev–Trinajstić information content (AvgIpc) is 2.04. The maximum Gasteiger partial charge on any atom is 0.150 e. The molecule has 12 heavy (non-hydrogen) atoms. The molecule has 0 aromatic carbocycles. The molecule has 1 atom stereocenters. The zero-order chi connectivity index (χ0) is 9.56. The van der Waals surface area contributed by atoms with Crippen molar-refractivity contribution in [3.63, 3.8) is 0 Å². The molecule has 0 rings (SSSR count). The Balaban J connectivity index is 3.95. The van der Waals surface area contributed by atoms with Gasteiger partial charge in [-0.05, 0) is 12.3 Å². The van der Waals surface area contributed by atoms with E-state index in [-0.39, 0.29) is 17.6 Å². The van der Waals surface area contributed by atoms with Crippen molar-refractivity contribution in [3.8, 4) is 0 Å². The highest BCUT2D eigenvalue weighted by Gasteiger charge is 2.19. The molecule has 0 aliphatic rings. The molecule has 1 nitrogen and oxygen atoms in total. The van der Waals surface area contributed by atoms with Crippen LogP contribution in [0.25, 0.3) is 0 Å². The minimum absolute atomic E-state index is 0.173. The first-order valence-electron chi connectivity index (χ1n) is 4.72. The number of rotatable bonds is 6. The highest BCUT2D eigenvalue weighted by atomic mass is 35.5. The molecule has 1 unspecified atom stereocenters. The van der Waals surface area contributed by atoms with Gasteiger partial charge in [0.1, 0.15) is 0 Å². The first-order valence-corrected chi connectivity index (χ1v) is 5.25. The van der Waals surface area contributed by atoms with E-state index in [1.165, 1.54) is 0 Å². The quantitative estimate of drug-likeness (QED) is 0.588. The molecule has 0 radical (unpaired) electrons. The number of alkyl halides is 1. The van der Waals surface area contributed by atoms with Crippen molar-refractivity contribution >= 4 is 17.4 Å². The molecular formula is C10H19ClO. The predicted octanol–water partition coefficient (Wildman–Crippen LogP) is 3.26. The summed E-state index contributed by atoms with van der Waals surface area (Å²) in [5, 5.41) is 0. The SMILES string of the molecule is CCCCC(C(=O)CCl)C(C)C. The Kier molecular flexibility index (Phi) is 6.45. The number of Topliss-reactive ketones (excluding diaryl/α,β-unsaturated/α-hetero) is 1. The molecule has 0 saturated carbocycles. The zero-order valence-electron chi connectivity index (χ0n) is 8.27. The Morgan fingerprint density at radius 1 is 1.42 bits per heavy atom. The monoisotopic (exact) mass is 190 g/mol. The van der Waals surface area contributed by atoms with Crippen molar-refractivity contribution in [2.24, 2.45) is 11.8 Å². The molecule has 0 aromatic heterocycles. The summed E-state index contributed by atoms with van der Waals surface area (Å²) in [4.78, 5) is 11.3. The number of carbonyl (C=O) groups excluding carboxylic acids is 1. The van der Waals surface area contributed by atoms with E-state index in [9.17, 15) is 4.79 Å². The fraction of sp³-hybridized carbons (Fsp3) is 0.900. The second-order valence-electron chi connectivity index (χ2n) is 3.59. The number of carbonyl (C=O) groups is 1. The van der Waals surface area contributed by atoms with Gasteiger partial charge >= 0.3 is 0 Å². The largest absolute Gasteiger partial charge is 0.298 e. The molecule has 0 aromatic rings. The van der Waals surface area contributed by atoms with E-state index in [0.717, 1.165) is 19.3 Å². The topological polar surface area (TPSA) is 17.1 Å². The van der Waals surface area contributed by atoms with Crippen LogP contribution in [0.5, 0.6) is 0 Å². The molecule has 0 aliphatic carbocycles. The summed E-state index contributed by atoms with van der Waals surface area (Å²) < 4.78 is 0. The summed E-state index contributed by atoms with van der Waals surface area (Å²) in [5.74, 6) is 0.998. The van der Waals surface area contributed by atoms with Gasteiger partial charge in [-0.15, -0.1) is 11.6 Å². The van der Waals surface area contributed by atoms with Gasteiger partial charge in [-0.2, -0.15) is 0 Å². The van der Waals surface area contributed by atoms with Crippen molar-refractivity contribution in [2.45, 2.75) is 40.0 Å². The smallest absolute Gasteiger partial charge is 0.150 e. The van der Waals surface area contributed by atoms with Gasteiger partial charge in [0, 0.05) is 5.92 Å². The number of hydrogen-bond acceptors (Lipinski definition) is 1. The third-order valence-electron chi connectivity index (χ3n) is 2.22. The maximum atomic E-state index is 11.3. The molecule has 0 fully saturated rings. The molecule has 0 spiro atoms. The van der Waals surface area contributed by atoms with Crippen LogP contribution in [0.3, 0.4) is 0 Å². The standard InChI is InChI=1S/C10H19ClO/c1-4-5-6-9(8(2)3)10(12)7-11/h8-9H,4-7H2,1-3H3. The van der Waals surface area contributed by atoms with E-state index in [2.05, 4.69) is 20.8 Å². The van der Waals surface area contributed by atoms with Crippen molar-refractivity contribution in [1.82, 2.24) is 0 Å². The first-order chi connectivity index (χ1) is 5.63. The molecular weight excluding hydrogens is 172 g/mol. The second-order valence-corrected chi connectivity index (χ2v) is 3.86. The summed E-state index contributed by atoms with van der Waals surface area (Å²) in [6.45, 7) is 6.32. The molecule has 0 aliphatic heterocycles. The Morgan fingerprint density at radius 3 is 2.33 bits per heavy atom. The van der Waals surface area contributed by atoms with Gasteiger partial charge in [-0.1, -0.05) is 33.6 Å². The first kappa shape index (κ1) is 12.0. The maximum absolute atomic E-state index is 11.3. The molecule has 2 heteroatoms. The van der Waals surface area contributed by atoms with Gasteiger partial charge in [0.2, 0.25) is 0 Å². The lowest BCUT2D eigenvalue weighted by Gasteiger charge is -2.17. The Morgan fingerprint density at radius 2 is 2.00 bits per heavy atom. The number of hydrogen-bond donors (Lipinski definition) is 0. The summed E-state index contributed by atoms with van der Waals surface area (Å²) in [6.07, 6.45) is 3.28. The highest BCUT2D eigenvalue weighted by Crippen LogP contribution is 2.19. The van der Waals surface area contributed by atoms with Gasteiger partial charge < -0.3 is 0 Å². The number of ketones is 1. The van der Waals surface area contributed by atoms with Crippen LogP contribution < -0.4 is 0 Å². The molecule has 72 valence electrons. The zero-order valence-corrected chi connectivity index (χ0v) is 9.03. The minimum Gasteiger partial charge on any atom is -0.298 e. The van der Waals surface area contributed by atoms with E-state index in [1.807, 2.05) is 0 Å². The normalized spacial score (nSPS) is 13.4. The molecule has 0 saturated heterocycles. The fourth-order valence-corrected chi connectivity index (χ4v) is 1.59. The van der Waals surface area contributed by atoms with E-state index >= 15 is 0 Å². The third-order valence-corrected chi connectivity index (χ3v) is 2.48. The Bertz CT molecular complexity index is 132. The van der Waals surface area contributed by atoms with Crippen LogP contribution >= 0.6 is 11.6 Å². The van der Waals surface area contributed by atoms with Gasteiger partial charge in [0.15, 0.2) is 5.78 Å². The van der Waals surface area contributed by atoms with Crippen LogP contribution in [0, 0.1) is 11.8 Å². The fourth-order valence-electron chi connectivity index (χ4n) is 1.39. The molecule has 0 bridgehead atoms. The molecule has 0 heterocycles. The number of unbranched alkanes of at least 4 members (excludes halogenated alkanes) is 1. The summed E-state index contributed by atoms with van der Waals surface area (Å²) in [7, 11) is 0. The third kappa shape index (κ3) is 4.10. The minimum atomic E-state index is 0.173. The van der Waals surface area contributed by atoms with Crippen molar-refractivity contribution in [1.29, 1.82) is 0 Å². The van der Waals surface area contributed by atoms with Crippen LogP contribution in [0.1, 0.15) is 40.0 Å². The van der Waals surface area contributed by atoms with Crippen LogP contribution in [-0.4, -0.2) is 11.7 Å².